The fourth-order valence-electron chi connectivity index (χ4n) is 4.30. The van der Waals surface area contributed by atoms with Gasteiger partial charge in [0.1, 0.15) is 5.82 Å². The highest BCUT2D eigenvalue weighted by atomic mass is 19.1. The predicted molar refractivity (Wildman–Crippen MR) is 131 cm³/mol. The molecule has 7 nitrogen and oxygen atoms in total. The minimum absolute atomic E-state index is 0.136. The molecule has 0 spiro atoms. The third-order valence-electron chi connectivity index (χ3n) is 6.01. The summed E-state index contributed by atoms with van der Waals surface area (Å²) in [5, 5.41) is 5.66. The molecule has 4 rings (SSSR count). The van der Waals surface area contributed by atoms with Crippen LogP contribution in [0.15, 0.2) is 66.7 Å². The topological polar surface area (TPSA) is 79.9 Å². The third-order valence-corrected chi connectivity index (χ3v) is 6.01. The molecule has 3 aromatic rings. The highest BCUT2D eigenvalue weighted by molar-refractivity contribution is 5.91. The number of ether oxygens (including phenoxy) is 2. The second kappa shape index (κ2) is 10.9. The van der Waals surface area contributed by atoms with E-state index in [0.29, 0.717) is 30.2 Å². The van der Waals surface area contributed by atoms with Gasteiger partial charge in [-0.05, 0) is 59.5 Å². The molecule has 3 aromatic carbocycles. The van der Waals surface area contributed by atoms with Gasteiger partial charge in [0.15, 0.2) is 11.5 Å². The highest BCUT2D eigenvalue weighted by Gasteiger charge is 2.33. The summed E-state index contributed by atoms with van der Waals surface area (Å²) in [5.74, 6) is 0.634. The summed E-state index contributed by atoms with van der Waals surface area (Å²) in [6.07, 6.45) is 0.757. The van der Waals surface area contributed by atoms with E-state index < -0.39 is 6.04 Å². The Hall–Kier alpha value is -4.07. The molecule has 182 valence electrons. The molecule has 0 aromatic heterocycles. The lowest BCUT2D eigenvalue weighted by molar-refractivity contribution is -0.116. The van der Waals surface area contributed by atoms with Gasteiger partial charge in [-0.25, -0.2) is 9.18 Å². The Labute approximate surface area is 203 Å². The van der Waals surface area contributed by atoms with Gasteiger partial charge in [0.2, 0.25) is 5.91 Å². The summed E-state index contributed by atoms with van der Waals surface area (Å²) in [6, 6.07) is 18.3. The lowest BCUT2D eigenvalue weighted by Crippen LogP contribution is -2.46. The molecule has 0 unspecified atom stereocenters. The van der Waals surface area contributed by atoms with Gasteiger partial charge < -0.3 is 25.0 Å². The van der Waals surface area contributed by atoms with Crippen molar-refractivity contribution in [2.24, 2.45) is 0 Å². The summed E-state index contributed by atoms with van der Waals surface area (Å²) in [4.78, 5) is 27.2. The van der Waals surface area contributed by atoms with Gasteiger partial charge in [-0.1, -0.05) is 30.3 Å². The van der Waals surface area contributed by atoms with Crippen LogP contribution in [0.4, 0.5) is 14.9 Å². The molecule has 1 aliphatic rings. The first-order valence-electron chi connectivity index (χ1n) is 11.4. The molecule has 0 saturated heterocycles. The summed E-state index contributed by atoms with van der Waals surface area (Å²) in [5.41, 5.74) is 3.40. The average molecular weight is 478 g/mol. The van der Waals surface area contributed by atoms with Crippen molar-refractivity contribution in [1.82, 2.24) is 10.2 Å². The molecule has 0 saturated carbocycles. The van der Waals surface area contributed by atoms with Gasteiger partial charge in [-0.2, -0.15) is 0 Å². The first-order chi connectivity index (χ1) is 17.0. The van der Waals surface area contributed by atoms with E-state index in [0.717, 1.165) is 16.7 Å². The van der Waals surface area contributed by atoms with Gasteiger partial charge >= 0.3 is 6.03 Å². The minimum Gasteiger partial charge on any atom is -0.493 e. The van der Waals surface area contributed by atoms with Crippen LogP contribution in [0, 0.1) is 5.82 Å². The number of amides is 3. The largest absolute Gasteiger partial charge is 0.493 e. The minimum atomic E-state index is -0.447. The molecule has 0 radical (unpaired) electrons. The maximum atomic E-state index is 13.7. The van der Waals surface area contributed by atoms with Gasteiger partial charge in [0.05, 0.1) is 20.3 Å². The van der Waals surface area contributed by atoms with Crippen molar-refractivity contribution in [1.29, 1.82) is 0 Å². The maximum Gasteiger partial charge on any atom is 0.318 e. The molecule has 1 aliphatic heterocycles. The van der Waals surface area contributed by atoms with E-state index in [-0.39, 0.29) is 30.7 Å². The number of benzene rings is 3. The lowest BCUT2D eigenvalue weighted by Gasteiger charge is -2.38. The molecule has 2 N–H and O–H groups in total. The Morgan fingerprint density at radius 2 is 1.69 bits per heavy atom. The van der Waals surface area contributed by atoms with Gasteiger partial charge in [0.25, 0.3) is 0 Å². The Morgan fingerprint density at radius 1 is 1.00 bits per heavy atom. The molecule has 1 atom stereocenters. The number of rotatable bonds is 7. The van der Waals surface area contributed by atoms with Crippen LogP contribution in [0.3, 0.4) is 0 Å². The van der Waals surface area contributed by atoms with Crippen LogP contribution >= 0.6 is 0 Å². The number of carbonyl (C=O) groups is 2. The monoisotopic (exact) mass is 477 g/mol. The van der Waals surface area contributed by atoms with E-state index in [1.165, 1.54) is 12.1 Å². The van der Waals surface area contributed by atoms with Crippen molar-refractivity contribution in [2.45, 2.75) is 18.9 Å². The van der Waals surface area contributed by atoms with E-state index in [2.05, 4.69) is 10.6 Å². The Balaban J connectivity index is 1.52. The van der Waals surface area contributed by atoms with Crippen LogP contribution in [0.2, 0.25) is 0 Å². The first kappa shape index (κ1) is 24.1. The highest BCUT2D eigenvalue weighted by Crippen LogP contribution is 2.41. The van der Waals surface area contributed by atoms with Gasteiger partial charge in [-0.15, -0.1) is 0 Å². The van der Waals surface area contributed by atoms with E-state index in [4.69, 9.17) is 9.47 Å². The van der Waals surface area contributed by atoms with Crippen LogP contribution < -0.4 is 20.1 Å². The average Bonchev–Trinajstić information content (AvgIpc) is 2.88. The van der Waals surface area contributed by atoms with Crippen molar-refractivity contribution < 1.29 is 23.5 Å². The van der Waals surface area contributed by atoms with Crippen molar-refractivity contribution in [3.63, 3.8) is 0 Å². The van der Waals surface area contributed by atoms with Crippen LogP contribution in [-0.4, -0.2) is 44.1 Å². The van der Waals surface area contributed by atoms with Crippen LogP contribution in [0.5, 0.6) is 11.5 Å². The molecular formula is C27H28FN3O4. The number of halogens is 1. The van der Waals surface area contributed by atoms with Crippen molar-refractivity contribution in [3.8, 4) is 11.5 Å². The van der Waals surface area contributed by atoms with E-state index in [1.807, 2.05) is 30.3 Å². The van der Waals surface area contributed by atoms with Crippen molar-refractivity contribution in [2.75, 3.05) is 32.6 Å². The molecule has 3 amide bonds. The Bertz CT molecular complexity index is 1190. The van der Waals surface area contributed by atoms with E-state index in [9.17, 15) is 14.0 Å². The number of methoxy groups -OCH3 is 2. The lowest BCUT2D eigenvalue weighted by atomic mass is 9.88. The van der Waals surface area contributed by atoms with E-state index in [1.54, 1.807) is 43.4 Å². The van der Waals surface area contributed by atoms with Gasteiger partial charge in [-0.3, -0.25) is 4.79 Å². The van der Waals surface area contributed by atoms with E-state index >= 15 is 0 Å². The third kappa shape index (κ3) is 5.54. The fourth-order valence-corrected chi connectivity index (χ4v) is 4.30. The number of nitrogens with zero attached hydrogens (tertiary/aromatic N) is 1. The Kier molecular flexibility index (Phi) is 7.50. The molecular weight excluding hydrogens is 449 g/mol. The zero-order chi connectivity index (χ0) is 24.8. The zero-order valence-electron chi connectivity index (χ0n) is 19.7. The first-order valence-corrected chi connectivity index (χ1v) is 11.4. The summed E-state index contributed by atoms with van der Waals surface area (Å²) in [6.45, 7) is 0.634. The number of nitrogens with one attached hydrogen (secondary N) is 2. The number of para-hydroxylation sites is 1. The smallest absolute Gasteiger partial charge is 0.318 e. The quantitative estimate of drug-likeness (QED) is 0.524. The second-order valence-corrected chi connectivity index (χ2v) is 8.20. The number of hydrogen-bond acceptors (Lipinski definition) is 4. The predicted octanol–water partition coefficient (Wildman–Crippen LogP) is 4.53. The normalized spacial score (nSPS) is 14.6. The fraction of sp³-hybridized carbons (Fsp3) is 0.259. The molecule has 0 fully saturated rings. The number of fused-ring (bicyclic) bond motifs is 1. The van der Waals surface area contributed by atoms with Crippen LogP contribution in [-0.2, 0) is 11.2 Å². The zero-order valence-corrected chi connectivity index (χ0v) is 19.7. The van der Waals surface area contributed by atoms with Crippen molar-refractivity contribution >= 4 is 17.6 Å². The maximum absolute atomic E-state index is 13.7. The molecule has 1 heterocycles. The molecule has 8 heteroatoms. The number of urea groups is 1. The number of anilines is 1. The molecule has 0 bridgehead atoms. The SMILES string of the molecule is COc1cc2c(cc1OC)[C@H](c1ccc(F)cc1)N(C(=O)NCCC(=O)Nc1ccccc1)CC2. The van der Waals surface area contributed by atoms with Gasteiger partial charge in [0, 0.05) is 25.2 Å². The Morgan fingerprint density at radius 3 is 2.37 bits per heavy atom. The molecule has 0 aliphatic carbocycles. The summed E-state index contributed by atoms with van der Waals surface area (Å²) < 4.78 is 24.6. The van der Waals surface area contributed by atoms with Crippen molar-refractivity contribution in [3.05, 3.63) is 89.2 Å². The number of carbonyl (C=O) groups excluding carboxylic acids is 2. The summed E-state index contributed by atoms with van der Waals surface area (Å²) >= 11 is 0. The van der Waals surface area contributed by atoms with Crippen LogP contribution in [0.25, 0.3) is 0 Å². The number of hydrogen-bond donors (Lipinski definition) is 2. The standard InChI is InChI=1S/C27H28FN3O4/c1-34-23-16-19-13-15-31(27(33)29-14-12-25(32)30-21-6-4-3-5-7-21)26(22(19)17-24(23)35-2)18-8-10-20(28)11-9-18/h3-11,16-17,26H,12-15H2,1-2H3,(H,29,33)(H,30,32)/t26-/m0/s1. The molecule has 35 heavy (non-hydrogen) atoms. The summed E-state index contributed by atoms with van der Waals surface area (Å²) in [7, 11) is 3.14. The van der Waals surface area contributed by atoms with Crippen LogP contribution in [0.1, 0.15) is 29.2 Å². The second-order valence-electron chi connectivity index (χ2n) is 8.20.